The number of carbonyl (C=O) groups excluding carboxylic acids is 2. The molecule has 0 saturated heterocycles. The van der Waals surface area contributed by atoms with Gasteiger partial charge in [-0.2, -0.15) is 0 Å². The number of thiophene rings is 2. The van der Waals surface area contributed by atoms with Crippen molar-refractivity contribution in [2.75, 3.05) is 5.32 Å². The molecule has 2 aromatic rings. The lowest BCUT2D eigenvalue weighted by Gasteiger charge is -2.07. The second kappa shape index (κ2) is 4.91. The van der Waals surface area contributed by atoms with Crippen molar-refractivity contribution in [3.05, 3.63) is 38.4 Å². The summed E-state index contributed by atoms with van der Waals surface area (Å²) >= 11 is 2.55. The number of carboxylic acids is 1. The number of hydrogen-bond acceptors (Lipinski definition) is 5. The van der Waals surface area contributed by atoms with Gasteiger partial charge in [-0.25, -0.2) is 0 Å². The summed E-state index contributed by atoms with van der Waals surface area (Å²) in [6, 6.07) is 3.45. The lowest BCUT2D eigenvalue weighted by atomic mass is 10.1. The first-order valence-electron chi connectivity index (χ1n) is 5.17. The van der Waals surface area contributed by atoms with Gasteiger partial charge in [-0.05, 0) is 30.9 Å². The molecule has 2 rings (SSSR count). The third-order valence-electron chi connectivity index (χ3n) is 2.56. The van der Waals surface area contributed by atoms with E-state index in [0.29, 0.717) is 15.4 Å². The molecule has 6 heteroatoms. The Morgan fingerprint density at radius 2 is 2.06 bits per heavy atom. The van der Waals surface area contributed by atoms with E-state index >= 15 is 0 Å². The van der Waals surface area contributed by atoms with Gasteiger partial charge in [0.2, 0.25) is 0 Å². The number of aryl methyl sites for hydroxylation is 1. The molecule has 0 saturated carbocycles. The second-order valence-corrected chi connectivity index (χ2v) is 5.88. The van der Waals surface area contributed by atoms with Gasteiger partial charge >= 0.3 is 0 Å². The lowest BCUT2D eigenvalue weighted by molar-refractivity contribution is -0.254. The highest BCUT2D eigenvalue weighted by Crippen LogP contribution is 2.32. The number of rotatable bonds is 3. The van der Waals surface area contributed by atoms with Gasteiger partial charge in [-0.1, -0.05) is 6.07 Å². The van der Waals surface area contributed by atoms with Crippen LogP contribution in [0.4, 0.5) is 5.00 Å². The summed E-state index contributed by atoms with van der Waals surface area (Å²) in [6.07, 6.45) is 0. The molecule has 0 aliphatic carbocycles. The van der Waals surface area contributed by atoms with E-state index in [-0.39, 0.29) is 11.5 Å². The molecule has 0 radical (unpaired) electrons. The van der Waals surface area contributed by atoms with Gasteiger partial charge in [-0.15, -0.1) is 22.7 Å². The van der Waals surface area contributed by atoms with Gasteiger partial charge in [0.15, 0.2) is 0 Å². The third-order valence-corrected chi connectivity index (χ3v) is 4.55. The van der Waals surface area contributed by atoms with Crippen LogP contribution in [-0.4, -0.2) is 11.9 Å². The summed E-state index contributed by atoms with van der Waals surface area (Å²) in [5.41, 5.74) is 0.712. The summed E-state index contributed by atoms with van der Waals surface area (Å²) in [5.74, 6) is -1.56. The fourth-order valence-electron chi connectivity index (χ4n) is 1.53. The average molecular weight is 280 g/mol. The summed E-state index contributed by atoms with van der Waals surface area (Å²) in [6.45, 7) is 3.52. The van der Waals surface area contributed by atoms with Crippen LogP contribution in [0.5, 0.6) is 0 Å². The first kappa shape index (κ1) is 12.8. The second-order valence-electron chi connectivity index (χ2n) is 3.71. The van der Waals surface area contributed by atoms with Crippen LogP contribution in [-0.2, 0) is 0 Å². The highest BCUT2D eigenvalue weighted by molar-refractivity contribution is 7.17. The molecule has 18 heavy (non-hydrogen) atoms. The minimum atomic E-state index is -1.27. The summed E-state index contributed by atoms with van der Waals surface area (Å²) in [7, 11) is 0. The Morgan fingerprint density at radius 3 is 2.61 bits per heavy atom. The van der Waals surface area contributed by atoms with Crippen LogP contribution >= 0.6 is 22.7 Å². The standard InChI is InChI=1S/C12H11NO3S2/c1-6-7(2)18-11(9(6)12(15)16)13-10(14)8-4-3-5-17-8/h3-5H,1-2H3,(H,13,14)(H,15,16)/p-1. The van der Waals surface area contributed by atoms with Crippen LogP contribution in [0.1, 0.15) is 30.5 Å². The van der Waals surface area contributed by atoms with E-state index in [2.05, 4.69) is 5.32 Å². The van der Waals surface area contributed by atoms with E-state index in [1.165, 1.54) is 22.7 Å². The largest absolute Gasteiger partial charge is 0.545 e. The van der Waals surface area contributed by atoms with E-state index in [1.54, 1.807) is 24.4 Å². The fourth-order valence-corrected chi connectivity index (χ4v) is 3.20. The zero-order valence-electron chi connectivity index (χ0n) is 9.77. The molecule has 0 atom stereocenters. The van der Waals surface area contributed by atoms with E-state index < -0.39 is 5.97 Å². The van der Waals surface area contributed by atoms with Crippen molar-refractivity contribution in [1.29, 1.82) is 0 Å². The molecule has 0 bridgehead atoms. The highest BCUT2D eigenvalue weighted by Gasteiger charge is 2.16. The molecule has 2 heterocycles. The zero-order chi connectivity index (χ0) is 13.3. The molecule has 1 amide bonds. The topological polar surface area (TPSA) is 69.2 Å². The predicted molar refractivity (Wildman–Crippen MR) is 70.4 cm³/mol. The Kier molecular flexibility index (Phi) is 3.49. The number of hydrogen-bond donors (Lipinski definition) is 1. The SMILES string of the molecule is Cc1sc(NC(=O)c2cccs2)c(C(=O)[O-])c1C. The maximum Gasteiger partial charge on any atom is 0.266 e. The van der Waals surface area contributed by atoms with Gasteiger partial charge < -0.3 is 15.2 Å². The number of nitrogens with one attached hydrogen (secondary N) is 1. The number of amides is 1. The minimum absolute atomic E-state index is 0.0717. The van der Waals surface area contributed by atoms with E-state index in [4.69, 9.17) is 0 Å². The van der Waals surface area contributed by atoms with E-state index in [0.717, 1.165) is 4.88 Å². The van der Waals surface area contributed by atoms with Gasteiger partial charge in [-0.3, -0.25) is 4.79 Å². The monoisotopic (exact) mass is 280 g/mol. The van der Waals surface area contributed by atoms with Crippen molar-refractivity contribution < 1.29 is 14.7 Å². The maximum atomic E-state index is 11.9. The molecule has 1 N–H and O–H groups in total. The van der Waals surface area contributed by atoms with Crippen LogP contribution in [0.15, 0.2) is 17.5 Å². The minimum Gasteiger partial charge on any atom is -0.545 e. The van der Waals surface area contributed by atoms with Gasteiger partial charge in [0.05, 0.1) is 10.8 Å². The summed E-state index contributed by atoms with van der Waals surface area (Å²) in [5, 5.41) is 15.8. The normalized spacial score (nSPS) is 10.3. The molecule has 0 spiro atoms. The van der Waals surface area contributed by atoms with Crippen LogP contribution < -0.4 is 10.4 Å². The van der Waals surface area contributed by atoms with Crippen molar-refractivity contribution in [1.82, 2.24) is 0 Å². The van der Waals surface area contributed by atoms with Crippen molar-refractivity contribution in [3.63, 3.8) is 0 Å². The maximum absolute atomic E-state index is 11.9. The zero-order valence-corrected chi connectivity index (χ0v) is 11.4. The molecule has 4 nitrogen and oxygen atoms in total. The van der Waals surface area contributed by atoms with Crippen molar-refractivity contribution in [2.45, 2.75) is 13.8 Å². The molecule has 94 valence electrons. The Labute approximate surface area is 112 Å². The summed E-state index contributed by atoms with van der Waals surface area (Å²) < 4.78 is 0. The Morgan fingerprint density at radius 1 is 1.33 bits per heavy atom. The average Bonchev–Trinajstić information content (AvgIpc) is 2.88. The Bertz CT molecular complexity index is 599. The smallest absolute Gasteiger partial charge is 0.266 e. The predicted octanol–water partition coefficient (Wildman–Crippen LogP) is 2.04. The molecular formula is C12H10NO3S2-. The van der Waals surface area contributed by atoms with Gasteiger partial charge in [0.25, 0.3) is 5.91 Å². The highest BCUT2D eigenvalue weighted by atomic mass is 32.1. The first-order chi connectivity index (χ1) is 8.50. The van der Waals surface area contributed by atoms with E-state index in [1.807, 2.05) is 6.92 Å². The lowest BCUT2D eigenvalue weighted by Crippen LogP contribution is -2.24. The first-order valence-corrected chi connectivity index (χ1v) is 6.86. The van der Waals surface area contributed by atoms with Crippen LogP contribution in [0, 0.1) is 13.8 Å². The fraction of sp³-hybridized carbons (Fsp3) is 0.167. The molecule has 0 fully saturated rings. The summed E-state index contributed by atoms with van der Waals surface area (Å²) in [4.78, 5) is 24.3. The van der Waals surface area contributed by atoms with Crippen LogP contribution in [0.2, 0.25) is 0 Å². The Balaban J connectivity index is 2.32. The molecule has 2 aromatic heterocycles. The quantitative estimate of drug-likeness (QED) is 0.935. The molecule has 0 aliphatic rings. The third kappa shape index (κ3) is 2.30. The number of aromatic carboxylic acids is 1. The van der Waals surface area contributed by atoms with Crippen LogP contribution in [0.25, 0.3) is 0 Å². The van der Waals surface area contributed by atoms with E-state index in [9.17, 15) is 14.7 Å². The number of carboxylic acid groups (broad SMARTS) is 1. The molecule has 0 unspecified atom stereocenters. The molecular weight excluding hydrogens is 270 g/mol. The van der Waals surface area contributed by atoms with Crippen molar-refractivity contribution in [3.8, 4) is 0 Å². The number of anilines is 1. The number of carbonyl (C=O) groups is 2. The Hall–Kier alpha value is -1.66. The van der Waals surface area contributed by atoms with Crippen LogP contribution in [0.3, 0.4) is 0 Å². The molecule has 0 aromatic carbocycles. The van der Waals surface area contributed by atoms with Gasteiger partial charge in [0.1, 0.15) is 5.00 Å². The molecule has 0 aliphatic heterocycles. The van der Waals surface area contributed by atoms with Crippen molar-refractivity contribution in [2.24, 2.45) is 0 Å². The van der Waals surface area contributed by atoms with Gasteiger partial charge in [0, 0.05) is 10.4 Å². The van der Waals surface area contributed by atoms with Crippen molar-refractivity contribution >= 4 is 39.6 Å².